The van der Waals surface area contributed by atoms with Crippen LogP contribution in [0.5, 0.6) is 0 Å². The Kier molecular flexibility index (Phi) is 5.94. The molecule has 0 bridgehead atoms. The standard InChI is InChI=1S/C18H27IN2O2/c1-13(14-6-8-15(19)9-7-14)20-12-18(10-5-11-18)21-16(22)23-17(2,3)4/h6-9,13,20H,5,10-12H2,1-4H3,(H,21,22). The molecule has 1 aliphatic rings. The smallest absolute Gasteiger partial charge is 0.408 e. The van der Waals surface area contributed by atoms with E-state index in [4.69, 9.17) is 4.74 Å². The second-order valence-corrected chi connectivity index (χ2v) is 8.66. The number of amides is 1. The lowest BCUT2D eigenvalue weighted by molar-refractivity contribution is 0.0379. The van der Waals surface area contributed by atoms with Crippen LogP contribution in [0.2, 0.25) is 0 Å². The predicted molar refractivity (Wildman–Crippen MR) is 102 cm³/mol. The van der Waals surface area contributed by atoms with E-state index in [9.17, 15) is 4.79 Å². The molecule has 0 saturated heterocycles. The molecule has 0 heterocycles. The summed E-state index contributed by atoms with van der Waals surface area (Å²) in [6, 6.07) is 8.78. The van der Waals surface area contributed by atoms with Crippen molar-refractivity contribution in [3.63, 3.8) is 0 Å². The zero-order chi connectivity index (χ0) is 17.1. The SMILES string of the molecule is CC(NCC1(NC(=O)OC(C)(C)C)CCC1)c1ccc(I)cc1. The molecule has 5 heteroatoms. The van der Waals surface area contributed by atoms with Gasteiger partial charge in [-0.15, -0.1) is 0 Å². The van der Waals surface area contributed by atoms with Crippen LogP contribution in [0.15, 0.2) is 24.3 Å². The van der Waals surface area contributed by atoms with Crippen molar-refractivity contribution in [3.05, 3.63) is 33.4 Å². The number of hydrogen-bond acceptors (Lipinski definition) is 3. The number of halogens is 1. The van der Waals surface area contributed by atoms with E-state index >= 15 is 0 Å². The van der Waals surface area contributed by atoms with Crippen LogP contribution in [0.3, 0.4) is 0 Å². The molecule has 1 saturated carbocycles. The molecule has 0 aliphatic heterocycles. The van der Waals surface area contributed by atoms with Crippen LogP contribution >= 0.6 is 22.6 Å². The summed E-state index contributed by atoms with van der Waals surface area (Å²) in [7, 11) is 0. The normalized spacial score (nSPS) is 18.0. The summed E-state index contributed by atoms with van der Waals surface area (Å²) in [5.74, 6) is 0. The maximum Gasteiger partial charge on any atom is 0.408 e. The van der Waals surface area contributed by atoms with E-state index in [1.54, 1.807) is 0 Å². The van der Waals surface area contributed by atoms with Crippen molar-refractivity contribution in [2.75, 3.05) is 6.54 Å². The van der Waals surface area contributed by atoms with Gasteiger partial charge in [-0.3, -0.25) is 0 Å². The molecule has 2 rings (SSSR count). The predicted octanol–water partition coefficient (Wildman–Crippen LogP) is 4.39. The highest BCUT2D eigenvalue weighted by atomic mass is 127. The number of ether oxygens (including phenoxy) is 1. The van der Waals surface area contributed by atoms with Crippen LogP contribution in [-0.4, -0.2) is 23.8 Å². The van der Waals surface area contributed by atoms with Crippen molar-refractivity contribution >= 4 is 28.7 Å². The molecule has 0 radical (unpaired) electrons. The van der Waals surface area contributed by atoms with Crippen molar-refractivity contribution in [3.8, 4) is 0 Å². The lowest BCUT2D eigenvalue weighted by Crippen LogP contribution is -2.60. The highest BCUT2D eigenvalue weighted by molar-refractivity contribution is 14.1. The van der Waals surface area contributed by atoms with E-state index in [1.165, 1.54) is 9.13 Å². The molecule has 1 amide bonds. The first kappa shape index (κ1) is 18.5. The number of hydrogen-bond donors (Lipinski definition) is 2. The van der Waals surface area contributed by atoms with Crippen molar-refractivity contribution in [1.82, 2.24) is 10.6 Å². The zero-order valence-electron chi connectivity index (χ0n) is 14.4. The van der Waals surface area contributed by atoms with Crippen LogP contribution in [0.25, 0.3) is 0 Å². The third-order valence-electron chi connectivity index (χ3n) is 4.19. The highest BCUT2D eigenvalue weighted by Crippen LogP contribution is 2.32. The van der Waals surface area contributed by atoms with E-state index in [0.717, 1.165) is 25.8 Å². The molecule has 128 valence electrons. The first-order valence-electron chi connectivity index (χ1n) is 8.19. The molecule has 1 aromatic rings. The number of carbonyl (C=O) groups is 1. The lowest BCUT2D eigenvalue weighted by atomic mass is 9.76. The Morgan fingerprint density at radius 1 is 1.30 bits per heavy atom. The van der Waals surface area contributed by atoms with Crippen LogP contribution in [0.1, 0.15) is 58.6 Å². The summed E-state index contributed by atoms with van der Waals surface area (Å²) < 4.78 is 6.63. The number of nitrogens with one attached hydrogen (secondary N) is 2. The molecular weight excluding hydrogens is 403 g/mol. The van der Waals surface area contributed by atoms with Crippen LogP contribution in [0.4, 0.5) is 4.79 Å². The minimum absolute atomic E-state index is 0.167. The number of benzene rings is 1. The van der Waals surface area contributed by atoms with Gasteiger partial charge in [0.15, 0.2) is 0 Å². The number of carbonyl (C=O) groups excluding carboxylic acids is 1. The molecule has 0 aromatic heterocycles. The second kappa shape index (κ2) is 7.38. The van der Waals surface area contributed by atoms with Crippen LogP contribution in [0, 0.1) is 3.57 Å². The van der Waals surface area contributed by atoms with Crippen molar-refractivity contribution < 1.29 is 9.53 Å². The number of rotatable bonds is 5. The average Bonchev–Trinajstić information content (AvgIpc) is 2.40. The fourth-order valence-electron chi connectivity index (χ4n) is 2.69. The summed E-state index contributed by atoms with van der Waals surface area (Å²) in [4.78, 5) is 12.1. The first-order valence-corrected chi connectivity index (χ1v) is 9.27. The Morgan fingerprint density at radius 2 is 1.91 bits per heavy atom. The van der Waals surface area contributed by atoms with Crippen molar-refractivity contribution in [1.29, 1.82) is 0 Å². The topological polar surface area (TPSA) is 50.4 Å². The van der Waals surface area contributed by atoms with Crippen LogP contribution in [-0.2, 0) is 4.74 Å². The van der Waals surface area contributed by atoms with E-state index in [-0.39, 0.29) is 17.7 Å². The Bertz CT molecular complexity index is 533. The molecule has 23 heavy (non-hydrogen) atoms. The quantitative estimate of drug-likeness (QED) is 0.682. The van der Waals surface area contributed by atoms with Gasteiger partial charge in [-0.05, 0) is 87.2 Å². The van der Waals surface area contributed by atoms with Gasteiger partial charge >= 0.3 is 6.09 Å². The third kappa shape index (κ3) is 5.64. The molecule has 1 aliphatic carbocycles. The van der Waals surface area contributed by atoms with Gasteiger partial charge in [0, 0.05) is 16.2 Å². The van der Waals surface area contributed by atoms with E-state index in [1.807, 2.05) is 20.8 Å². The average molecular weight is 430 g/mol. The summed E-state index contributed by atoms with van der Waals surface area (Å²) in [6.07, 6.45) is 2.83. The molecule has 1 atom stereocenters. The highest BCUT2D eigenvalue weighted by Gasteiger charge is 2.39. The van der Waals surface area contributed by atoms with Crippen molar-refractivity contribution in [2.24, 2.45) is 0 Å². The van der Waals surface area contributed by atoms with E-state index < -0.39 is 5.60 Å². The lowest BCUT2D eigenvalue weighted by Gasteiger charge is -2.43. The molecular formula is C18H27IN2O2. The van der Waals surface area contributed by atoms with Gasteiger partial charge in [0.25, 0.3) is 0 Å². The molecule has 1 fully saturated rings. The van der Waals surface area contributed by atoms with Gasteiger partial charge in [-0.25, -0.2) is 4.79 Å². The zero-order valence-corrected chi connectivity index (χ0v) is 16.6. The minimum Gasteiger partial charge on any atom is -0.444 e. The summed E-state index contributed by atoms with van der Waals surface area (Å²) in [5, 5.41) is 6.63. The van der Waals surface area contributed by atoms with Gasteiger partial charge < -0.3 is 15.4 Å². The van der Waals surface area contributed by atoms with E-state index in [2.05, 4.69) is 64.4 Å². The van der Waals surface area contributed by atoms with Crippen molar-refractivity contribution in [2.45, 2.75) is 64.1 Å². The number of alkyl carbamates (subject to hydrolysis) is 1. The monoisotopic (exact) mass is 430 g/mol. The van der Waals surface area contributed by atoms with Gasteiger partial charge in [0.2, 0.25) is 0 Å². The summed E-state index contributed by atoms with van der Waals surface area (Å²) in [5.41, 5.74) is 0.633. The maximum absolute atomic E-state index is 12.1. The molecule has 2 N–H and O–H groups in total. The third-order valence-corrected chi connectivity index (χ3v) is 4.91. The summed E-state index contributed by atoms with van der Waals surface area (Å²) in [6.45, 7) is 8.58. The fourth-order valence-corrected chi connectivity index (χ4v) is 3.05. The largest absolute Gasteiger partial charge is 0.444 e. The van der Waals surface area contributed by atoms with Gasteiger partial charge in [0.05, 0.1) is 5.54 Å². The Hall–Kier alpha value is -0.820. The Balaban J connectivity index is 1.89. The minimum atomic E-state index is -0.461. The van der Waals surface area contributed by atoms with E-state index in [0.29, 0.717) is 0 Å². The van der Waals surface area contributed by atoms with Gasteiger partial charge in [-0.1, -0.05) is 12.1 Å². The van der Waals surface area contributed by atoms with Gasteiger partial charge in [-0.2, -0.15) is 0 Å². The molecule has 1 aromatic carbocycles. The maximum atomic E-state index is 12.1. The van der Waals surface area contributed by atoms with Gasteiger partial charge in [0.1, 0.15) is 5.60 Å². The fraction of sp³-hybridized carbons (Fsp3) is 0.611. The Morgan fingerprint density at radius 3 is 2.39 bits per heavy atom. The molecule has 1 unspecified atom stereocenters. The first-order chi connectivity index (χ1) is 10.7. The molecule has 4 nitrogen and oxygen atoms in total. The Labute approximate surface area is 152 Å². The van der Waals surface area contributed by atoms with Crippen LogP contribution < -0.4 is 10.6 Å². The second-order valence-electron chi connectivity index (χ2n) is 7.41. The summed E-state index contributed by atoms with van der Waals surface area (Å²) >= 11 is 2.31. The molecule has 0 spiro atoms.